The van der Waals surface area contributed by atoms with Gasteiger partial charge in [-0.2, -0.15) is 0 Å². The number of carboxylic acids is 1. The summed E-state index contributed by atoms with van der Waals surface area (Å²) in [6, 6.07) is 3.04. The highest BCUT2D eigenvalue weighted by molar-refractivity contribution is 7.13. The van der Waals surface area contributed by atoms with E-state index in [4.69, 9.17) is 35.5 Å². The number of carbonyl (C=O) groups excluding carboxylic acids is 3. The van der Waals surface area contributed by atoms with E-state index in [2.05, 4.69) is 22.2 Å². The smallest absolute Gasteiger partial charge is 0.408 e. The Morgan fingerprint density at radius 3 is 2.48 bits per heavy atom. The Balaban J connectivity index is 1.20. The first-order valence-electron chi connectivity index (χ1n) is 18.9. The summed E-state index contributed by atoms with van der Waals surface area (Å²) in [5.41, 5.74) is -0.589. The van der Waals surface area contributed by atoms with Crippen LogP contribution in [0.3, 0.4) is 0 Å². The van der Waals surface area contributed by atoms with E-state index in [0.29, 0.717) is 51.5 Å². The summed E-state index contributed by atoms with van der Waals surface area (Å²) >= 11 is 8.31. The number of ether oxygens (including phenoxy) is 4. The molecule has 1 aromatic carbocycles. The van der Waals surface area contributed by atoms with Crippen LogP contribution in [0.25, 0.3) is 21.6 Å². The number of nitrogens with one attached hydrogen (secondary N) is 2. The number of alkyl carbamates (subject to hydrolysis) is 1. The third-order valence-electron chi connectivity index (χ3n) is 11.2. The number of likely N-dealkylation sites (tertiary alicyclic amines) is 1. The van der Waals surface area contributed by atoms with Crippen molar-refractivity contribution in [1.29, 1.82) is 0 Å². The Bertz CT molecular complexity index is 2040. The van der Waals surface area contributed by atoms with E-state index in [9.17, 15) is 24.3 Å². The van der Waals surface area contributed by atoms with Gasteiger partial charge < -0.3 is 39.6 Å². The number of halogens is 1. The Kier molecular flexibility index (Phi) is 11.0. The Morgan fingerprint density at radius 2 is 1.86 bits per heavy atom. The normalized spacial score (nSPS) is 26.9. The van der Waals surface area contributed by atoms with Crippen LogP contribution in [0.5, 0.6) is 11.5 Å². The third kappa shape index (κ3) is 8.03. The average molecular weight is 810 g/mol. The number of carbonyl (C=O) groups is 4. The van der Waals surface area contributed by atoms with Crippen molar-refractivity contribution in [2.75, 3.05) is 26.9 Å². The van der Waals surface area contributed by atoms with Crippen LogP contribution in [0.4, 0.5) is 4.79 Å². The number of methoxy groups -OCH3 is 1. The van der Waals surface area contributed by atoms with Crippen molar-refractivity contribution in [2.24, 2.45) is 23.2 Å². The average Bonchev–Trinajstić information content (AvgIpc) is 3.83. The van der Waals surface area contributed by atoms with E-state index in [1.807, 2.05) is 33.1 Å². The molecule has 0 bridgehead atoms. The van der Waals surface area contributed by atoms with Gasteiger partial charge in [0.15, 0.2) is 0 Å². The van der Waals surface area contributed by atoms with Crippen molar-refractivity contribution in [3.8, 4) is 22.2 Å². The van der Waals surface area contributed by atoms with Gasteiger partial charge in [0.05, 0.1) is 18.7 Å². The van der Waals surface area contributed by atoms with Crippen LogP contribution in [0, 0.1) is 30.1 Å². The summed E-state index contributed by atoms with van der Waals surface area (Å²) in [6.07, 6.45) is 2.89. The number of aryl methyl sites for hydroxylation is 1. The number of aromatic nitrogens is 2. The monoisotopic (exact) mass is 809 g/mol. The molecule has 3 saturated carbocycles. The van der Waals surface area contributed by atoms with Gasteiger partial charge in [-0.1, -0.05) is 38.4 Å². The lowest BCUT2D eigenvalue weighted by atomic mass is 9.85. The quantitative estimate of drug-likeness (QED) is 0.133. The first kappa shape index (κ1) is 39.8. The van der Waals surface area contributed by atoms with Crippen molar-refractivity contribution >= 4 is 57.7 Å². The lowest BCUT2D eigenvalue weighted by Crippen LogP contribution is -2.59. The van der Waals surface area contributed by atoms with Gasteiger partial charge in [0, 0.05) is 42.0 Å². The maximum Gasteiger partial charge on any atom is 0.408 e. The summed E-state index contributed by atoms with van der Waals surface area (Å²) in [5, 5.41) is 19.0. The molecular formula is C40H48ClN5O9S. The van der Waals surface area contributed by atoms with Gasteiger partial charge in [-0.15, -0.1) is 17.9 Å². The van der Waals surface area contributed by atoms with Gasteiger partial charge in [-0.05, 0) is 62.0 Å². The molecule has 4 fully saturated rings. The summed E-state index contributed by atoms with van der Waals surface area (Å²) in [4.78, 5) is 65.3. The number of aliphatic carboxylic acids is 1. The van der Waals surface area contributed by atoms with Gasteiger partial charge in [-0.25, -0.2) is 19.6 Å². The van der Waals surface area contributed by atoms with Crippen LogP contribution < -0.4 is 20.1 Å². The molecule has 7 rings (SSSR count). The summed E-state index contributed by atoms with van der Waals surface area (Å²) in [6.45, 7) is 11.7. The SMILES string of the molecule is C=C[C@@H]1C[C@]1(NC(=O)[C@@H]1C[C@@H](Oc2cc(-c3nc(C)cs3)nc3c(Cl)c(OCCOC)ccc23)CN1C(=O)[C@@H](NC(=O)O[C@@H]1C[C@@H]2C[C@@H]2C1)C(C)(C)C)C(=O)O. The van der Waals surface area contributed by atoms with Crippen molar-refractivity contribution in [2.45, 2.75) is 89.6 Å². The summed E-state index contributed by atoms with van der Waals surface area (Å²) in [7, 11) is 1.57. The van der Waals surface area contributed by atoms with Gasteiger partial charge >= 0.3 is 12.1 Å². The second kappa shape index (κ2) is 15.5. The molecule has 0 radical (unpaired) electrons. The predicted octanol–water partition coefficient (Wildman–Crippen LogP) is 5.78. The number of fused-ring (bicyclic) bond motifs is 2. The highest BCUT2D eigenvalue weighted by Gasteiger charge is 2.61. The zero-order valence-electron chi connectivity index (χ0n) is 32.1. The van der Waals surface area contributed by atoms with Crippen LogP contribution in [0.15, 0.2) is 36.2 Å². The molecule has 3 amide bonds. The minimum atomic E-state index is -1.53. The fourth-order valence-corrected chi connectivity index (χ4v) is 9.00. The van der Waals surface area contributed by atoms with Crippen LogP contribution in [-0.2, 0) is 23.9 Å². The molecular weight excluding hydrogens is 762 g/mol. The first-order chi connectivity index (χ1) is 26.6. The second-order valence-corrected chi connectivity index (χ2v) is 17.6. The molecule has 14 nitrogen and oxygen atoms in total. The minimum absolute atomic E-state index is 0.0274. The molecule has 1 aliphatic heterocycles. The highest BCUT2D eigenvalue weighted by atomic mass is 35.5. The summed E-state index contributed by atoms with van der Waals surface area (Å²) in [5.74, 6) is -0.816. The predicted molar refractivity (Wildman–Crippen MR) is 209 cm³/mol. The van der Waals surface area contributed by atoms with E-state index in [1.165, 1.54) is 28.7 Å². The molecule has 8 atom stereocenters. The number of amides is 3. The maximum atomic E-state index is 14.6. The molecule has 0 spiro atoms. The second-order valence-electron chi connectivity index (χ2n) is 16.4. The third-order valence-corrected chi connectivity index (χ3v) is 12.6. The van der Waals surface area contributed by atoms with Gasteiger partial charge in [0.1, 0.15) is 63.7 Å². The van der Waals surface area contributed by atoms with Crippen molar-refractivity contribution in [3.05, 3.63) is 47.0 Å². The first-order valence-corrected chi connectivity index (χ1v) is 20.2. The zero-order chi connectivity index (χ0) is 40.1. The number of pyridine rings is 1. The fourth-order valence-electron chi connectivity index (χ4n) is 7.98. The highest BCUT2D eigenvalue weighted by Crippen LogP contribution is 2.52. The summed E-state index contributed by atoms with van der Waals surface area (Å²) < 4.78 is 23.4. The maximum absolute atomic E-state index is 14.6. The molecule has 56 heavy (non-hydrogen) atoms. The topological polar surface area (TPSA) is 179 Å². The minimum Gasteiger partial charge on any atom is -0.490 e. The fraction of sp³-hybridized carbons (Fsp3) is 0.550. The lowest BCUT2D eigenvalue weighted by Gasteiger charge is -2.35. The molecule has 2 aromatic heterocycles. The van der Waals surface area contributed by atoms with Gasteiger partial charge in [-0.3, -0.25) is 9.59 Å². The Hall–Kier alpha value is -4.47. The van der Waals surface area contributed by atoms with E-state index < -0.39 is 58.9 Å². The van der Waals surface area contributed by atoms with E-state index in [-0.39, 0.29) is 37.1 Å². The van der Waals surface area contributed by atoms with Gasteiger partial charge in [0.25, 0.3) is 0 Å². The molecule has 3 aliphatic carbocycles. The van der Waals surface area contributed by atoms with Gasteiger partial charge in [0.2, 0.25) is 11.8 Å². The molecule has 3 heterocycles. The molecule has 0 unspecified atom stereocenters. The molecule has 300 valence electrons. The number of hydrogen-bond acceptors (Lipinski definition) is 11. The van der Waals surface area contributed by atoms with Crippen LogP contribution in [0.2, 0.25) is 5.02 Å². The number of nitrogens with zero attached hydrogens (tertiary/aromatic N) is 3. The van der Waals surface area contributed by atoms with Crippen molar-refractivity contribution in [1.82, 2.24) is 25.5 Å². The van der Waals surface area contributed by atoms with E-state index in [0.717, 1.165) is 18.5 Å². The van der Waals surface area contributed by atoms with Crippen molar-refractivity contribution < 1.29 is 43.2 Å². The molecule has 3 aromatic rings. The van der Waals surface area contributed by atoms with Crippen LogP contribution >= 0.6 is 22.9 Å². The number of hydrogen-bond donors (Lipinski definition) is 3. The number of benzene rings is 1. The zero-order valence-corrected chi connectivity index (χ0v) is 33.7. The standard InChI is InChI=1S/C40H48ClN5O9S/c1-7-23-17-40(23,37(49)50)45-34(47)28-15-25(18-46(28)36(48)33(39(3,4)5)44-38(51)55-24-13-21-12-22(21)14-24)54-30-16-27(35-42-20(2)19-56-35)43-32-26(30)8-9-29(31(32)41)53-11-10-52-6/h7-9,16,19,21-25,28,33H,1,10-15,17-18H2,2-6H3,(H,44,51)(H,45,47)(H,49,50)/t21-,22+,23-,24+,25-,28+,33-,40-/m1/s1. The van der Waals surface area contributed by atoms with Crippen LogP contribution in [0.1, 0.15) is 58.6 Å². The number of thiazole rings is 1. The van der Waals surface area contributed by atoms with Crippen LogP contribution in [-0.4, -0.2) is 101 Å². The Labute approximate surface area is 334 Å². The molecule has 3 N–H and O–H groups in total. The number of carboxylic acid groups (broad SMARTS) is 1. The van der Waals surface area contributed by atoms with E-state index in [1.54, 1.807) is 25.3 Å². The molecule has 1 saturated heterocycles. The number of rotatable bonds is 14. The molecule has 16 heteroatoms. The van der Waals surface area contributed by atoms with E-state index >= 15 is 0 Å². The molecule has 4 aliphatic rings. The largest absolute Gasteiger partial charge is 0.490 e. The van der Waals surface area contributed by atoms with Crippen molar-refractivity contribution in [3.63, 3.8) is 0 Å². The Morgan fingerprint density at radius 1 is 1.11 bits per heavy atom. The lowest BCUT2D eigenvalue weighted by molar-refractivity contribution is -0.146.